The Balaban J connectivity index is 3.11. The minimum Gasteiger partial charge on any atom is -0.512 e. The van der Waals surface area contributed by atoms with E-state index in [2.05, 4.69) is 32.6 Å². The molecule has 16 heavy (non-hydrogen) atoms. The first-order valence-corrected chi connectivity index (χ1v) is 5.55. The Morgan fingerprint density at radius 3 is 2.38 bits per heavy atom. The maximum Gasteiger partial charge on any atom is 0.0958 e. The summed E-state index contributed by atoms with van der Waals surface area (Å²) < 4.78 is 0. The Morgan fingerprint density at radius 1 is 1.31 bits per heavy atom. The molecular formula is C15H20O. The van der Waals surface area contributed by atoms with Gasteiger partial charge in [0.1, 0.15) is 0 Å². The molecule has 0 bridgehead atoms. The van der Waals surface area contributed by atoms with Crippen molar-refractivity contribution in [2.75, 3.05) is 0 Å². The van der Waals surface area contributed by atoms with Crippen molar-refractivity contribution in [3.63, 3.8) is 0 Å². The van der Waals surface area contributed by atoms with Gasteiger partial charge < -0.3 is 5.11 Å². The Morgan fingerprint density at radius 2 is 1.88 bits per heavy atom. The smallest absolute Gasteiger partial charge is 0.0958 e. The van der Waals surface area contributed by atoms with Crippen LogP contribution in [-0.4, -0.2) is 5.11 Å². The van der Waals surface area contributed by atoms with Crippen LogP contribution in [0.4, 0.5) is 0 Å². The van der Waals surface area contributed by atoms with Gasteiger partial charge in [0.05, 0.1) is 5.76 Å². The number of rotatable bonds is 4. The van der Waals surface area contributed by atoms with Gasteiger partial charge in [0, 0.05) is 11.8 Å². The molecule has 0 aliphatic rings. The zero-order valence-electron chi connectivity index (χ0n) is 10.3. The van der Waals surface area contributed by atoms with Crippen molar-refractivity contribution in [1.82, 2.24) is 0 Å². The molecule has 86 valence electrons. The van der Waals surface area contributed by atoms with E-state index >= 15 is 0 Å². The molecule has 0 saturated carbocycles. The third-order valence-corrected chi connectivity index (χ3v) is 3.20. The van der Waals surface area contributed by atoms with Crippen LogP contribution >= 0.6 is 0 Å². The Kier molecular flexibility index (Phi) is 3.94. The molecule has 0 atom stereocenters. The summed E-state index contributed by atoms with van der Waals surface area (Å²) >= 11 is 0. The van der Waals surface area contributed by atoms with Crippen molar-refractivity contribution in [3.05, 3.63) is 59.9 Å². The van der Waals surface area contributed by atoms with Crippen molar-refractivity contribution in [2.45, 2.75) is 32.6 Å². The number of hydrogen-bond acceptors (Lipinski definition) is 1. The molecule has 1 N–H and O–H groups in total. The van der Waals surface area contributed by atoms with E-state index in [1.54, 1.807) is 6.08 Å². The summed E-state index contributed by atoms with van der Waals surface area (Å²) in [5.74, 6) is 0.420. The molecule has 0 unspecified atom stereocenters. The highest BCUT2D eigenvalue weighted by Crippen LogP contribution is 2.32. The van der Waals surface area contributed by atoms with Gasteiger partial charge in [0.2, 0.25) is 0 Å². The minimum absolute atomic E-state index is 0.144. The molecule has 0 heterocycles. The first kappa shape index (κ1) is 12.6. The highest BCUT2D eigenvalue weighted by atomic mass is 16.3. The standard InChI is InChI=1S/C15H20O/c1-5-9-14(16)12(2)15(3,4)13-10-7-6-8-11-13/h5-8,10-11,16H,1,9H2,2-4H3/b14-12+. The molecule has 0 spiro atoms. The first-order chi connectivity index (χ1) is 7.50. The lowest BCUT2D eigenvalue weighted by Gasteiger charge is -2.27. The highest BCUT2D eigenvalue weighted by molar-refractivity contribution is 5.34. The lowest BCUT2D eigenvalue weighted by molar-refractivity contribution is 0.379. The molecule has 1 rings (SSSR count). The van der Waals surface area contributed by atoms with Crippen molar-refractivity contribution in [1.29, 1.82) is 0 Å². The van der Waals surface area contributed by atoms with Crippen LogP contribution in [0.2, 0.25) is 0 Å². The average molecular weight is 216 g/mol. The summed E-state index contributed by atoms with van der Waals surface area (Å²) in [4.78, 5) is 0. The molecule has 0 aromatic heterocycles. The summed E-state index contributed by atoms with van der Waals surface area (Å²) in [7, 11) is 0. The number of aliphatic hydroxyl groups excluding tert-OH is 1. The second-order valence-corrected chi connectivity index (χ2v) is 4.56. The largest absolute Gasteiger partial charge is 0.512 e. The van der Waals surface area contributed by atoms with Crippen LogP contribution in [0.15, 0.2) is 54.3 Å². The van der Waals surface area contributed by atoms with Crippen LogP contribution in [-0.2, 0) is 5.41 Å². The molecular weight excluding hydrogens is 196 g/mol. The van der Waals surface area contributed by atoms with E-state index in [1.165, 1.54) is 5.56 Å². The van der Waals surface area contributed by atoms with E-state index < -0.39 is 0 Å². The van der Waals surface area contributed by atoms with Gasteiger partial charge >= 0.3 is 0 Å². The Hall–Kier alpha value is -1.50. The van der Waals surface area contributed by atoms with Crippen molar-refractivity contribution >= 4 is 0 Å². The van der Waals surface area contributed by atoms with E-state index in [4.69, 9.17) is 0 Å². The molecule has 0 aliphatic carbocycles. The highest BCUT2D eigenvalue weighted by Gasteiger charge is 2.24. The first-order valence-electron chi connectivity index (χ1n) is 5.55. The second kappa shape index (κ2) is 5.02. The summed E-state index contributed by atoms with van der Waals surface area (Å²) in [6.07, 6.45) is 2.25. The lowest BCUT2D eigenvalue weighted by atomic mass is 9.77. The zero-order valence-corrected chi connectivity index (χ0v) is 10.3. The van der Waals surface area contributed by atoms with Gasteiger partial charge in [-0.15, -0.1) is 6.58 Å². The summed E-state index contributed by atoms with van der Waals surface area (Å²) in [6.45, 7) is 9.87. The van der Waals surface area contributed by atoms with Gasteiger partial charge in [0.25, 0.3) is 0 Å². The number of benzene rings is 1. The summed E-state index contributed by atoms with van der Waals surface area (Å²) in [6, 6.07) is 10.2. The number of allylic oxidation sites excluding steroid dienone is 2. The maximum absolute atomic E-state index is 9.92. The van der Waals surface area contributed by atoms with Gasteiger partial charge in [-0.1, -0.05) is 50.3 Å². The summed E-state index contributed by atoms with van der Waals surface area (Å²) in [5.41, 5.74) is 2.07. The van der Waals surface area contributed by atoms with Gasteiger partial charge in [-0.2, -0.15) is 0 Å². The van der Waals surface area contributed by atoms with Crippen molar-refractivity contribution in [3.8, 4) is 0 Å². The molecule has 1 heteroatoms. The fourth-order valence-electron chi connectivity index (χ4n) is 1.72. The molecule has 1 aromatic carbocycles. The van der Waals surface area contributed by atoms with E-state index in [9.17, 15) is 5.11 Å². The molecule has 0 saturated heterocycles. The van der Waals surface area contributed by atoms with Crippen LogP contribution in [0.5, 0.6) is 0 Å². The fraction of sp³-hybridized carbons (Fsp3) is 0.333. The monoisotopic (exact) mass is 216 g/mol. The second-order valence-electron chi connectivity index (χ2n) is 4.56. The van der Waals surface area contributed by atoms with Crippen molar-refractivity contribution < 1.29 is 5.11 Å². The SMILES string of the molecule is C=CC/C(O)=C(/C)C(C)(C)c1ccccc1. The van der Waals surface area contributed by atoms with Crippen molar-refractivity contribution in [2.24, 2.45) is 0 Å². The average Bonchev–Trinajstić information content (AvgIpc) is 2.29. The number of aliphatic hydroxyl groups is 1. The Bertz CT molecular complexity index is 385. The topological polar surface area (TPSA) is 20.2 Å². The van der Waals surface area contributed by atoms with Gasteiger partial charge in [-0.05, 0) is 18.1 Å². The van der Waals surface area contributed by atoms with Crippen LogP contribution in [0.3, 0.4) is 0 Å². The molecule has 1 aromatic rings. The molecule has 0 amide bonds. The van der Waals surface area contributed by atoms with E-state index in [0.29, 0.717) is 12.2 Å². The fourth-order valence-corrected chi connectivity index (χ4v) is 1.72. The lowest BCUT2D eigenvalue weighted by Crippen LogP contribution is -2.20. The quantitative estimate of drug-likeness (QED) is 0.585. The summed E-state index contributed by atoms with van der Waals surface area (Å²) in [5, 5.41) is 9.92. The van der Waals surface area contributed by atoms with Crippen LogP contribution < -0.4 is 0 Å². The van der Waals surface area contributed by atoms with E-state index in [-0.39, 0.29) is 5.41 Å². The maximum atomic E-state index is 9.92. The van der Waals surface area contributed by atoms with Crippen LogP contribution in [0, 0.1) is 0 Å². The predicted molar refractivity (Wildman–Crippen MR) is 69.6 cm³/mol. The van der Waals surface area contributed by atoms with Gasteiger partial charge in [0.15, 0.2) is 0 Å². The molecule has 0 aliphatic heterocycles. The third kappa shape index (κ3) is 2.54. The minimum atomic E-state index is -0.144. The molecule has 0 fully saturated rings. The van der Waals surface area contributed by atoms with E-state index in [0.717, 1.165) is 5.57 Å². The zero-order chi connectivity index (χ0) is 12.2. The van der Waals surface area contributed by atoms with Crippen LogP contribution in [0.1, 0.15) is 32.8 Å². The van der Waals surface area contributed by atoms with Gasteiger partial charge in [-0.3, -0.25) is 0 Å². The number of hydrogen-bond donors (Lipinski definition) is 1. The predicted octanol–water partition coefficient (Wildman–Crippen LogP) is 4.37. The normalized spacial score (nSPS) is 13.2. The van der Waals surface area contributed by atoms with Crippen LogP contribution in [0.25, 0.3) is 0 Å². The van der Waals surface area contributed by atoms with Gasteiger partial charge in [-0.25, -0.2) is 0 Å². The Labute approximate surface area is 98.1 Å². The third-order valence-electron chi connectivity index (χ3n) is 3.20. The molecule has 0 radical (unpaired) electrons. The van der Waals surface area contributed by atoms with E-state index in [1.807, 2.05) is 25.1 Å². The molecule has 1 nitrogen and oxygen atoms in total.